The van der Waals surface area contributed by atoms with E-state index in [2.05, 4.69) is 20.8 Å². The van der Waals surface area contributed by atoms with Gasteiger partial charge in [-0.1, -0.05) is 27.2 Å². The van der Waals surface area contributed by atoms with Crippen LogP contribution in [0.2, 0.25) is 0 Å². The van der Waals surface area contributed by atoms with Crippen LogP contribution in [0.3, 0.4) is 0 Å². The third-order valence-electron chi connectivity index (χ3n) is 3.14. The molecule has 0 aromatic heterocycles. The third kappa shape index (κ3) is 2.84. The predicted molar refractivity (Wildman–Crippen MR) is 69.1 cm³/mol. The number of benzene rings is 1. The van der Waals surface area contributed by atoms with Crippen LogP contribution >= 0.6 is 0 Å². The average Bonchev–Trinajstić information content (AvgIpc) is 2.29. The van der Waals surface area contributed by atoms with Crippen LogP contribution in [-0.4, -0.2) is 19.3 Å². The van der Waals surface area contributed by atoms with Crippen LogP contribution in [0.4, 0.5) is 0 Å². The van der Waals surface area contributed by atoms with Crippen LogP contribution in [0.5, 0.6) is 17.2 Å². The summed E-state index contributed by atoms with van der Waals surface area (Å²) in [5.74, 6) is 0.984. The van der Waals surface area contributed by atoms with Crippen molar-refractivity contribution < 1.29 is 14.6 Å². The monoisotopic (exact) mass is 238 g/mol. The van der Waals surface area contributed by atoms with E-state index in [1.165, 1.54) is 0 Å². The van der Waals surface area contributed by atoms with Crippen molar-refractivity contribution in [3.05, 3.63) is 17.7 Å². The maximum atomic E-state index is 9.86. The van der Waals surface area contributed by atoms with Gasteiger partial charge in [0.05, 0.1) is 14.2 Å². The van der Waals surface area contributed by atoms with E-state index in [1.807, 2.05) is 12.1 Å². The summed E-state index contributed by atoms with van der Waals surface area (Å²) in [6.07, 6.45) is 2.18. The van der Waals surface area contributed by atoms with Gasteiger partial charge in [-0.15, -0.1) is 0 Å². The highest BCUT2D eigenvalue weighted by atomic mass is 16.5. The number of phenols is 1. The zero-order chi connectivity index (χ0) is 13.1. The Balaban J connectivity index is 3.26. The number of hydrogen-bond acceptors (Lipinski definition) is 3. The highest BCUT2D eigenvalue weighted by molar-refractivity contribution is 5.54. The van der Waals surface area contributed by atoms with Gasteiger partial charge in [-0.3, -0.25) is 0 Å². The Hall–Kier alpha value is -1.38. The summed E-state index contributed by atoms with van der Waals surface area (Å²) in [4.78, 5) is 0. The Kier molecular flexibility index (Phi) is 4.27. The van der Waals surface area contributed by atoms with Crippen molar-refractivity contribution in [1.82, 2.24) is 0 Å². The summed E-state index contributed by atoms with van der Waals surface area (Å²) in [6.45, 7) is 6.53. The Morgan fingerprint density at radius 3 is 1.94 bits per heavy atom. The molecule has 0 atom stereocenters. The minimum absolute atomic E-state index is 0.0447. The molecule has 0 aliphatic rings. The van der Waals surface area contributed by atoms with Crippen molar-refractivity contribution in [2.45, 2.75) is 39.0 Å². The first kappa shape index (κ1) is 13.7. The van der Waals surface area contributed by atoms with Crippen LogP contribution in [0.1, 0.15) is 39.2 Å². The summed E-state index contributed by atoms with van der Waals surface area (Å²) in [5, 5.41) is 9.86. The normalized spacial score (nSPS) is 11.4. The molecule has 1 rings (SSSR count). The molecule has 0 radical (unpaired) electrons. The number of ether oxygens (including phenoxy) is 2. The summed E-state index contributed by atoms with van der Waals surface area (Å²) >= 11 is 0. The molecule has 0 saturated carbocycles. The van der Waals surface area contributed by atoms with Crippen LogP contribution in [0.15, 0.2) is 12.1 Å². The molecule has 1 N–H and O–H groups in total. The second-order valence-corrected chi connectivity index (χ2v) is 4.86. The molecule has 3 nitrogen and oxygen atoms in total. The van der Waals surface area contributed by atoms with Gasteiger partial charge >= 0.3 is 0 Å². The Labute approximate surface area is 103 Å². The second kappa shape index (κ2) is 5.30. The van der Waals surface area contributed by atoms with Crippen molar-refractivity contribution in [2.24, 2.45) is 0 Å². The van der Waals surface area contributed by atoms with E-state index in [0.29, 0.717) is 11.5 Å². The predicted octanol–water partition coefficient (Wildman–Crippen LogP) is 3.49. The van der Waals surface area contributed by atoms with E-state index in [1.54, 1.807) is 14.2 Å². The van der Waals surface area contributed by atoms with Crippen LogP contribution in [0, 0.1) is 0 Å². The lowest BCUT2D eigenvalue weighted by Gasteiger charge is -2.26. The Morgan fingerprint density at radius 1 is 1.12 bits per heavy atom. The Morgan fingerprint density at radius 2 is 1.59 bits per heavy atom. The minimum Gasteiger partial charge on any atom is -0.502 e. The third-order valence-corrected chi connectivity index (χ3v) is 3.14. The Bertz CT molecular complexity index is 358. The minimum atomic E-state index is 0.0447. The van der Waals surface area contributed by atoms with Crippen LogP contribution < -0.4 is 9.47 Å². The van der Waals surface area contributed by atoms with Crippen molar-refractivity contribution in [1.29, 1.82) is 0 Å². The van der Waals surface area contributed by atoms with Crippen molar-refractivity contribution >= 4 is 0 Å². The number of hydrogen-bond donors (Lipinski definition) is 1. The van der Waals surface area contributed by atoms with E-state index in [-0.39, 0.29) is 11.2 Å². The molecular weight excluding hydrogens is 216 g/mol. The molecule has 3 heteroatoms. The molecule has 0 saturated heterocycles. The van der Waals surface area contributed by atoms with Crippen molar-refractivity contribution in [3.8, 4) is 17.2 Å². The van der Waals surface area contributed by atoms with Gasteiger partial charge in [0.15, 0.2) is 11.5 Å². The molecule has 1 aromatic carbocycles. The van der Waals surface area contributed by atoms with Gasteiger partial charge in [-0.25, -0.2) is 0 Å². The largest absolute Gasteiger partial charge is 0.502 e. The van der Waals surface area contributed by atoms with Crippen LogP contribution in [-0.2, 0) is 5.41 Å². The lowest BCUT2D eigenvalue weighted by atomic mass is 9.80. The number of rotatable bonds is 5. The molecule has 0 bridgehead atoms. The fraction of sp³-hybridized carbons (Fsp3) is 0.571. The highest BCUT2D eigenvalue weighted by Crippen LogP contribution is 2.41. The molecule has 0 heterocycles. The van der Waals surface area contributed by atoms with Gasteiger partial charge in [0.25, 0.3) is 0 Å². The van der Waals surface area contributed by atoms with Gasteiger partial charge in [0.1, 0.15) is 0 Å². The summed E-state index contributed by atoms with van der Waals surface area (Å²) in [6, 6.07) is 3.76. The molecule has 0 unspecified atom stereocenters. The lowest BCUT2D eigenvalue weighted by molar-refractivity contribution is 0.336. The zero-order valence-corrected chi connectivity index (χ0v) is 11.3. The SMILES string of the molecule is CCCC(C)(C)c1cc(OC)c(O)c(OC)c1. The first-order valence-electron chi connectivity index (χ1n) is 5.91. The second-order valence-electron chi connectivity index (χ2n) is 4.86. The van der Waals surface area contributed by atoms with Crippen molar-refractivity contribution in [2.75, 3.05) is 14.2 Å². The molecule has 0 spiro atoms. The van der Waals surface area contributed by atoms with E-state index < -0.39 is 0 Å². The van der Waals surface area contributed by atoms with E-state index in [9.17, 15) is 5.11 Å². The average molecular weight is 238 g/mol. The molecule has 0 amide bonds. The smallest absolute Gasteiger partial charge is 0.200 e. The first-order chi connectivity index (χ1) is 7.96. The fourth-order valence-electron chi connectivity index (χ4n) is 2.05. The maximum Gasteiger partial charge on any atom is 0.200 e. The summed E-state index contributed by atoms with van der Waals surface area (Å²) in [5.41, 5.74) is 1.16. The van der Waals surface area contributed by atoms with Gasteiger partial charge in [0, 0.05) is 0 Å². The van der Waals surface area contributed by atoms with Crippen molar-refractivity contribution in [3.63, 3.8) is 0 Å². The zero-order valence-electron chi connectivity index (χ0n) is 11.3. The van der Waals surface area contributed by atoms with Crippen LogP contribution in [0.25, 0.3) is 0 Å². The van der Waals surface area contributed by atoms with E-state index in [4.69, 9.17) is 9.47 Å². The molecule has 0 fully saturated rings. The summed E-state index contributed by atoms with van der Waals surface area (Å²) < 4.78 is 10.3. The standard InChI is InChI=1S/C14H22O3/c1-6-7-14(2,3)10-8-11(16-4)13(15)12(9-10)17-5/h8-9,15H,6-7H2,1-5H3. The molecule has 0 aliphatic carbocycles. The quantitative estimate of drug-likeness (QED) is 0.853. The number of aromatic hydroxyl groups is 1. The lowest BCUT2D eigenvalue weighted by Crippen LogP contribution is -2.16. The molecule has 17 heavy (non-hydrogen) atoms. The van der Waals surface area contributed by atoms with E-state index >= 15 is 0 Å². The first-order valence-corrected chi connectivity index (χ1v) is 5.91. The van der Waals surface area contributed by atoms with Gasteiger partial charge < -0.3 is 14.6 Å². The molecule has 1 aromatic rings. The number of methoxy groups -OCH3 is 2. The van der Waals surface area contributed by atoms with Gasteiger partial charge in [-0.2, -0.15) is 0 Å². The van der Waals surface area contributed by atoms with E-state index in [0.717, 1.165) is 18.4 Å². The number of phenolic OH excluding ortho intramolecular Hbond substituents is 1. The molecule has 0 aliphatic heterocycles. The molecular formula is C14H22O3. The molecule has 96 valence electrons. The topological polar surface area (TPSA) is 38.7 Å². The summed E-state index contributed by atoms with van der Waals surface area (Å²) in [7, 11) is 3.09. The van der Waals surface area contributed by atoms with Gasteiger partial charge in [0.2, 0.25) is 5.75 Å². The highest BCUT2D eigenvalue weighted by Gasteiger charge is 2.23. The van der Waals surface area contributed by atoms with Gasteiger partial charge in [-0.05, 0) is 29.5 Å². The fourth-order valence-corrected chi connectivity index (χ4v) is 2.05. The maximum absolute atomic E-state index is 9.86.